The van der Waals surface area contributed by atoms with Gasteiger partial charge in [0.2, 0.25) is 5.91 Å². The van der Waals surface area contributed by atoms with Crippen LogP contribution in [-0.4, -0.2) is 43.2 Å². The van der Waals surface area contributed by atoms with Crippen molar-refractivity contribution in [3.63, 3.8) is 0 Å². The first-order valence-corrected chi connectivity index (χ1v) is 9.40. The van der Waals surface area contributed by atoms with Gasteiger partial charge < -0.3 is 10.1 Å². The molecule has 0 spiro atoms. The highest BCUT2D eigenvalue weighted by atomic mass is 16.5. The SMILES string of the molecule is C[C@@H](NC(=O)CC1CCCC1)[C@@H](c1ccccc1)N1CCOCC1. The summed E-state index contributed by atoms with van der Waals surface area (Å²) in [7, 11) is 0. The van der Waals surface area contributed by atoms with Crippen LogP contribution >= 0.6 is 0 Å². The minimum Gasteiger partial charge on any atom is -0.379 e. The molecule has 0 bridgehead atoms. The van der Waals surface area contributed by atoms with Gasteiger partial charge in [0.25, 0.3) is 0 Å². The number of hydrogen-bond acceptors (Lipinski definition) is 3. The van der Waals surface area contributed by atoms with E-state index in [1.54, 1.807) is 0 Å². The fourth-order valence-corrected chi connectivity index (χ4v) is 4.19. The third-order valence-electron chi connectivity index (χ3n) is 5.39. The average molecular weight is 330 g/mol. The monoisotopic (exact) mass is 330 g/mol. The van der Waals surface area contributed by atoms with Gasteiger partial charge in [-0.05, 0) is 31.2 Å². The zero-order valence-electron chi connectivity index (χ0n) is 14.7. The van der Waals surface area contributed by atoms with Crippen LogP contribution in [-0.2, 0) is 9.53 Å². The summed E-state index contributed by atoms with van der Waals surface area (Å²) in [6, 6.07) is 10.8. The summed E-state index contributed by atoms with van der Waals surface area (Å²) in [5.74, 6) is 0.805. The molecule has 132 valence electrons. The molecule has 1 heterocycles. The van der Waals surface area contributed by atoms with Crippen molar-refractivity contribution in [2.75, 3.05) is 26.3 Å². The molecule has 1 aliphatic carbocycles. The molecule has 1 amide bonds. The molecule has 0 aromatic heterocycles. The number of nitrogens with one attached hydrogen (secondary N) is 1. The molecule has 2 aliphatic rings. The standard InChI is InChI=1S/C20H30N2O2/c1-16(21-19(23)15-17-7-5-6-8-17)20(18-9-3-2-4-10-18)22-11-13-24-14-12-22/h2-4,9-10,16-17,20H,5-8,11-15H2,1H3,(H,21,23)/t16-,20+/m1/s1. The largest absolute Gasteiger partial charge is 0.379 e. The lowest BCUT2D eigenvalue weighted by atomic mass is 9.97. The second-order valence-electron chi connectivity index (χ2n) is 7.21. The molecular weight excluding hydrogens is 300 g/mol. The second-order valence-corrected chi connectivity index (χ2v) is 7.21. The van der Waals surface area contributed by atoms with Crippen LogP contribution in [0.3, 0.4) is 0 Å². The number of hydrogen-bond donors (Lipinski definition) is 1. The molecule has 1 N–H and O–H groups in total. The summed E-state index contributed by atoms with van der Waals surface area (Å²) in [6.07, 6.45) is 5.69. The molecule has 2 fully saturated rings. The number of morpholine rings is 1. The summed E-state index contributed by atoms with van der Waals surface area (Å²) in [5, 5.41) is 3.28. The molecule has 3 rings (SSSR count). The molecule has 4 heteroatoms. The first kappa shape index (κ1) is 17.4. The van der Waals surface area contributed by atoms with Crippen molar-refractivity contribution in [2.45, 2.75) is 51.1 Å². The average Bonchev–Trinajstić information content (AvgIpc) is 3.10. The normalized spacial score (nSPS) is 22.2. The maximum absolute atomic E-state index is 12.5. The smallest absolute Gasteiger partial charge is 0.220 e. The number of ether oxygens (including phenoxy) is 1. The van der Waals surface area contributed by atoms with Gasteiger partial charge in [0.1, 0.15) is 0 Å². The maximum atomic E-state index is 12.5. The van der Waals surface area contributed by atoms with Gasteiger partial charge in [0.05, 0.1) is 19.3 Å². The highest BCUT2D eigenvalue weighted by Gasteiger charge is 2.29. The van der Waals surface area contributed by atoms with Crippen LogP contribution in [0.4, 0.5) is 0 Å². The Hall–Kier alpha value is -1.39. The van der Waals surface area contributed by atoms with Gasteiger partial charge >= 0.3 is 0 Å². The van der Waals surface area contributed by atoms with Crippen molar-refractivity contribution in [2.24, 2.45) is 5.92 Å². The van der Waals surface area contributed by atoms with E-state index in [9.17, 15) is 4.79 Å². The summed E-state index contributed by atoms with van der Waals surface area (Å²) < 4.78 is 5.51. The van der Waals surface area contributed by atoms with Gasteiger partial charge in [-0.15, -0.1) is 0 Å². The van der Waals surface area contributed by atoms with Crippen LogP contribution in [0.15, 0.2) is 30.3 Å². The van der Waals surface area contributed by atoms with Crippen LogP contribution in [0, 0.1) is 5.92 Å². The van der Waals surface area contributed by atoms with E-state index in [4.69, 9.17) is 4.74 Å². The van der Waals surface area contributed by atoms with E-state index in [0.29, 0.717) is 12.3 Å². The summed E-state index contributed by atoms with van der Waals surface area (Å²) in [4.78, 5) is 14.9. The minimum absolute atomic E-state index is 0.0967. The van der Waals surface area contributed by atoms with Crippen molar-refractivity contribution < 1.29 is 9.53 Å². The Kier molecular flexibility index (Phi) is 6.27. The predicted molar refractivity (Wildman–Crippen MR) is 95.8 cm³/mol. The Morgan fingerprint density at radius 1 is 1.21 bits per heavy atom. The van der Waals surface area contributed by atoms with Crippen LogP contribution in [0.1, 0.15) is 50.6 Å². The summed E-state index contributed by atoms with van der Waals surface area (Å²) >= 11 is 0. The van der Waals surface area contributed by atoms with Crippen molar-refractivity contribution >= 4 is 5.91 Å². The Morgan fingerprint density at radius 3 is 2.54 bits per heavy atom. The van der Waals surface area contributed by atoms with E-state index in [1.807, 2.05) is 6.07 Å². The Morgan fingerprint density at radius 2 is 1.88 bits per heavy atom. The highest BCUT2D eigenvalue weighted by molar-refractivity contribution is 5.76. The van der Waals surface area contributed by atoms with Crippen LogP contribution in [0.5, 0.6) is 0 Å². The van der Waals surface area contributed by atoms with E-state index in [1.165, 1.54) is 31.2 Å². The second kappa shape index (κ2) is 8.63. The van der Waals surface area contributed by atoms with Crippen molar-refractivity contribution in [1.82, 2.24) is 10.2 Å². The molecule has 0 unspecified atom stereocenters. The molecule has 1 aliphatic heterocycles. The van der Waals surface area contributed by atoms with Crippen LogP contribution in [0.25, 0.3) is 0 Å². The number of carbonyl (C=O) groups excluding carboxylic acids is 1. The van der Waals surface area contributed by atoms with E-state index in [2.05, 4.69) is 41.4 Å². The zero-order valence-corrected chi connectivity index (χ0v) is 14.7. The maximum Gasteiger partial charge on any atom is 0.220 e. The molecule has 2 atom stereocenters. The van der Waals surface area contributed by atoms with E-state index in [0.717, 1.165) is 26.3 Å². The van der Waals surface area contributed by atoms with E-state index >= 15 is 0 Å². The van der Waals surface area contributed by atoms with Gasteiger partial charge in [-0.25, -0.2) is 0 Å². The van der Waals surface area contributed by atoms with Crippen molar-refractivity contribution in [1.29, 1.82) is 0 Å². The fraction of sp³-hybridized carbons (Fsp3) is 0.650. The molecule has 24 heavy (non-hydrogen) atoms. The third kappa shape index (κ3) is 4.58. The number of amides is 1. The number of carbonyl (C=O) groups is 1. The zero-order chi connectivity index (χ0) is 16.8. The first-order valence-electron chi connectivity index (χ1n) is 9.40. The predicted octanol–water partition coefficient (Wildman–Crippen LogP) is 3.14. The van der Waals surface area contributed by atoms with Gasteiger partial charge in [0.15, 0.2) is 0 Å². The molecule has 1 saturated carbocycles. The number of benzene rings is 1. The molecule has 1 saturated heterocycles. The molecule has 1 aromatic carbocycles. The van der Waals surface area contributed by atoms with Crippen LogP contribution in [0.2, 0.25) is 0 Å². The number of nitrogens with zero attached hydrogens (tertiary/aromatic N) is 1. The van der Waals surface area contributed by atoms with Gasteiger partial charge in [-0.1, -0.05) is 43.2 Å². The molecule has 0 radical (unpaired) electrons. The highest BCUT2D eigenvalue weighted by Crippen LogP contribution is 2.28. The lowest BCUT2D eigenvalue weighted by molar-refractivity contribution is -0.123. The van der Waals surface area contributed by atoms with Crippen molar-refractivity contribution in [3.8, 4) is 0 Å². The van der Waals surface area contributed by atoms with Crippen LogP contribution < -0.4 is 5.32 Å². The van der Waals surface area contributed by atoms with Crippen molar-refractivity contribution in [3.05, 3.63) is 35.9 Å². The minimum atomic E-state index is 0.0967. The lowest BCUT2D eigenvalue weighted by Crippen LogP contribution is -2.48. The Labute approximate surface area is 145 Å². The quantitative estimate of drug-likeness (QED) is 0.871. The van der Waals surface area contributed by atoms with Gasteiger partial charge in [0, 0.05) is 25.6 Å². The first-order chi connectivity index (χ1) is 11.7. The molecular formula is C20H30N2O2. The van der Waals surface area contributed by atoms with E-state index < -0.39 is 0 Å². The third-order valence-corrected chi connectivity index (χ3v) is 5.39. The molecule has 1 aromatic rings. The summed E-state index contributed by atoms with van der Waals surface area (Å²) in [6.45, 7) is 5.52. The van der Waals surface area contributed by atoms with Gasteiger partial charge in [-0.2, -0.15) is 0 Å². The number of rotatable bonds is 6. The lowest BCUT2D eigenvalue weighted by Gasteiger charge is -2.38. The Bertz CT molecular complexity index is 508. The fourth-order valence-electron chi connectivity index (χ4n) is 4.19. The van der Waals surface area contributed by atoms with Gasteiger partial charge in [-0.3, -0.25) is 9.69 Å². The molecule has 4 nitrogen and oxygen atoms in total. The van der Waals surface area contributed by atoms with E-state index in [-0.39, 0.29) is 18.0 Å². The summed E-state index contributed by atoms with van der Waals surface area (Å²) in [5.41, 5.74) is 1.27. The Balaban J connectivity index is 1.65. The topological polar surface area (TPSA) is 41.6 Å².